The first-order chi connectivity index (χ1) is 18.2. The first kappa shape index (κ1) is 26.9. The van der Waals surface area contributed by atoms with E-state index in [4.69, 9.17) is 9.84 Å². The zero-order valence-electron chi connectivity index (χ0n) is 22.4. The van der Waals surface area contributed by atoms with E-state index < -0.39 is 0 Å². The van der Waals surface area contributed by atoms with Gasteiger partial charge in [0, 0.05) is 31.5 Å². The second-order valence-corrected chi connectivity index (χ2v) is 10.1. The van der Waals surface area contributed by atoms with E-state index in [1.807, 2.05) is 7.11 Å². The van der Waals surface area contributed by atoms with E-state index in [2.05, 4.69) is 97.6 Å². The highest BCUT2D eigenvalue weighted by Crippen LogP contribution is 2.33. The Kier molecular flexibility index (Phi) is 10.2. The van der Waals surface area contributed by atoms with Gasteiger partial charge in [-0.2, -0.15) is 0 Å². The van der Waals surface area contributed by atoms with Gasteiger partial charge in [0.05, 0.1) is 0 Å². The molecule has 37 heavy (non-hydrogen) atoms. The number of methoxy groups -OCH3 is 1. The summed E-state index contributed by atoms with van der Waals surface area (Å²) in [6, 6.07) is 28.4. The summed E-state index contributed by atoms with van der Waals surface area (Å²) in [6.07, 6.45) is 7.98. The third kappa shape index (κ3) is 7.45. The smallest absolute Gasteiger partial charge is 0.0496 e. The fourth-order valence-electron chi connectivity index (χ4n) is 5.39. The molecule has 192 valence electrons. The van der Waals surface area contributed by atoms with Gasteiger partial charge in [0.25, 0.3) is 0 Å². The van der Waals surface area contributed by atoms with Crippen molar-refractivity contribution in [1.29, 1.82) is 0 Å². The second-order valence-electron chi connectivity index (χ2n) is 10.1. The molecule has 0 aliphatic heterocycles. The predicted octanol–water partition coefficient (Wildman–Crippen LogP) is 8.48. The molecular formula is C35H40O2. The Morgan fingerprint density at radius 1 is 0.703 bits per heavy atom. The molecule has 0 aromatic heterocycles. The van der Waals surface area contributed by atoms with Gasteiger partial charge in [0.1, 0.15) is 0 Å². The number of fused-ring (bicyclic) bond motifs is 2. The molecule has 0 aliphatic rings. The molecule has 0 radical (unpaired) electrons. The predicted molar refractivity (Wildman–Crippen MR) is 157 cm³/mol. The van der Waals surface area contributed by atoms with Gasteiger partial charge in [-0.15, -0.1) is 0 Å². The quantitative estimate of drug-likeness (QED) is 0.122. The molecule has 2 atom stereocenters. The molecule has 2 nitrogen and oxygen atoms in total. The van der Waals surface area contributed by atoms with E-state index >= 15 is 0 Å². The molecule has 0 aliphatic carbocycles. The summed E-state index contributed by atoms with van der Waals surface area (Å²) in [6.45, 7) is 3.37. The summed E-state index contributed by atoms with van der Waals surface area (Å²) in [5.41, 5.74) is 3.48. The third-order valence-electron chi connectivity index (χ3n) is 7.54. The molecule has 4 rings (SSSR count). The average Bonchev–Trinajstić information content (AvgIpc) is 2.94. The fraction of sp³-hybridized carbons (Fsp3) is 0.371. The summed E-state index contributed by atoms with van der Waals surface area (Å²) >= 11 is 0. The average molecular weight is 493 g/mol. The van der Waals surface area contributed by atoms with Crippen LogP contribution in [0.3, 0.4) is 0 Å². The van der Waals surface area contributed by atoms with Crippen LogP contribution in [0.25, 0.3) is 21.5 Å². The molecular weight excluding hydrogens is 452 g/mol. The molecule has 0 amide bonds. The largest absolute Gasteiger partial charge is 0.396 e. The molecule has 0 saturated heterocycles. The standard InChI is InChI=1S/C35H40O2/c1-3-29(26-37-2)35(13-7-5-4-6-10-22-36)30-19-16-27(17-20-30)14-15-28-18-21-33-24-31-11-8-9-12-32(31)25-34(33)23-28/h8-9,11-12,16-21,23-25,29,35-36H,3-7,10,13,22,26H2,1-2H3. The summed E-state index contributed by atoms with van der Waals surface area (Å²) < 4.78 is 5.57. The van der Waals surface area contributed by atoms with Crippen LogP contribution in [0.4, 0.5) is 0 Å². The molecule has 4 aromatic rings. The van der Waals surface area contributed by atoms with Crippen LogP contribution in [0.15, 0.2) is 78.9 Å². The van der Waals surface area contributed by atoms with Crippen LogP contribution in [-0.2, 0) is 4.74 Å². The van der Waals surface area contributed by atoms with Gasteiger partial charge in [0.2, 0.25) is 0 Å². The minimum atomic E-state index is 0.307. The SMILES string of the molecule is CCC(COC)C(CCCCCCCO)c1ccc(C#Cc2ccc3cc4ccccc4cc3c2)cc1. The summed E-state index contributed by atoms with van der Waals surface area (Å²) in [5.74, 6) is 7.77. The van der Waals surface area contributed by atoms with Crippen molar-refractivity contribution in [3.05, 3.63) is 95.6 Å². The van der Waals surface area contributed by atoms with Gasteiger partial charge in [0.15, 0.2) is 0 Å². The first-order valence-corrected chi connectivity index (χ1v) is 13.9. The van der Waals surface area contributed by atoms with Crippen molar-refractivity contribution in [3.8, 4) is 11.8 Å². The van der Waals surface area contributed by atoms with E-state index in [0.29, 0.717) is 18.4 Å². The van der Waals surface area contributed by atoms with Crippen LogP contribution in [0.2, 0.25) is 0 Å². The van der Waals surface area contributed by atoms with E-state index in [1.165, 1.54) is 52.8 Å². The lowest BCUT2D eigenvalue weighted by Crippen LogP contribution is -2.17. The molecule has 0 spiro atoms. The topological polar surface area (TPSA) is 29.5 Å². The highest BCUT2D eigenvalue weighted by atomic mass is 16.5. The number of benzene rings is 4. The second kappa shape index (κ2) is 14.0. The minimum absolute atomic E-state index is 0.307. The van der Waals surface area contributed by atoms with Crippen molar-refractivity contribution < 1.29 is 9.84 Å². The summed E-state index contributed by atoms with van der Waals surface area (Å²) in [5, 5.41) is 14.0. The van der Waals surface area contributed by atoms with Crippen molar-refractivity contribution in [1.82, 2.24) is 0 Å². The van der Waals surface area contributed by atoms with Crippen LogP contribution >= 0.6 is 0 Å². The van der Waals surface area contributed by atoms with Crippen LogP contribution in [0.1, 0.15) is 74.5 Å². The highest BCUT2D eigenvalue weighted by Gasteiger charge is 2.21. The van der Waals surface area contributed by atoms with E-state index in [9.17, 15) is 0 Å². The van der Waals surface area contributed by atoms with Gasteiger partial charge >= 0.3 is 0 Å². The number of aliphatic hydroxyl groups excluding tert-OH is 1. The Balaban J connectivity index is 1.47. The zero-order valence-corrected chi connectivity index (χ0v) is 22.4. The van der Waals surface area contributed by atoms with Gasteiger partial charge in [-0.25, -0.2) is 0 Å². The van der Waals surface area contributed by atoms with Crippen LogP contribution < -0.4 is 0 Å². The van der Waals surface area contributed by atoms with Crippen molar-refractivity contribution in [2.24, 2.45) is 5.92 Å². The highest BCUT2D eigenvalue weighted by molar-refractivity contribution is 5.98. The van der Waals surface area contributed by atoms with Crippen molar-refractivity contribution in [2.45, 2.75) is 57.8 Å². The van der Waals surface area contributed by atoms with E-state index in [1.54, 1.807) is 0 Å². The van der Waals surface area contributed by atoms with E-state index in [-0.39, 0.29) is 0 Å². The van der Waals surface area contributed by atoms with Gasteiger partial charge in [-0.05, 0) is 88.2 Å². The molecule has 0 saturated carbocycles. The van der Waals surface area contributed by atoms with Crippen molar-refractivity contribution in [2.75, 3.05) is 20.3 Å². The number of hydrogen-bond donors (Lipinski definition) is 1. The van der Waals surface area contributed by atoms with Crippen molar-refractivity contribution >= 4 is 21.5 Å². The fourth-order valence-corrected chi connectivity index (χ4v) is 5.39. The molecule has 0 fully saturated rings. The molecule has 2 unspecified atom stereocenters. The molecule has 4 aromatic carbocycles. The number of unbranched alkanes of at least 4 members (excludes halogenated alkanes) is 4. The lowest BCUT2D eigenvalue weighted by atomic mass is 9.81. The third-order valence-corrected chi connectivity index (χ3v) is 7.54. The number of ether oxygens (including phenoxy) is 1. The van der Waals surface area contributed by atoms with Crippen LogP contribution in [-0.4, -0.2) is 25.4 Å². The van der Waals surface area contributed by atoms with E-state index in [0.717, 1.165) is 37.0 Å². The van der Waals surface area contributed by atoms with Crippen molar-refractivity contribution in [3.63, 3.8) is 0 Å². The maximum Gasteiger partial charge on any atom is 0.0496 e. The lowest BCUT2D eigenvalue weighted by Gasteiger charge is -2.26. The molecule has 0 bridgehead atoms. The maximum absolute atomic E-state index is 9.00. The summed E-state index contributed by atoms with van der Waals surface area (Å²) in [7, 11) is 1.81. The Labute approximate surface area is 222 Å². The van der Waals surface area contributed by atoms with Crippen LogP contribution in [0, 0.1) is 17.8 Å². The lowest BCUT2D eigenvalue weighted by molar-refractivity contribution is 0.133. The summed E-state index contributed by atoms with van der Waals surface area (Å²) in [4.78, 5) is 0. The number of aliphatic hydroxyl groups is 1. The van der Waals surface area contributed by atoms with Crippen LogP contribution in [0.5, 0.6) is 0 Å². The molecule has 0 heterocycles. The number of hydrogen-bond acceptors (Lipinski definition) is 2. The Bertz CT molecular complexity index is 1330. The monoisotopic (exact) mass is 492 g/mol. The zero-order chi connectivity index (χ0) is 25.9. The first-order valence-electron chi connectivity index (χ1n) is 13.9. The van der Waals surface area contributed by atoms with Gasteiger partial charge in [-0.3, -0.25) is 0 Å². The van der Waals surface area contributed by atoms with Gasteiger partial charge < -0.3 is 9.84 Å². The molecule has 2 heteroatoms. The normalized spacial score (nSPS) is 12.8. The van der Waals surface area contributed by atoms with Gasteiger partial charge in [-0.1, -0.05) is 93.3 Å². The maximum atomic E-state index is 9.00. The Morgan fingerprint density at radius 3 is 2.03 bits per heavy atom. The Hall–Kier alpha value is -3.12. The number of rotatable bonds is 12. The Morgan fingerprint density at radius 2 is 1.32 bits per heavy atom. The molecule has 1 N–H and O–H groups in total. The minimum Gasteiger partial charge on any atom is -0.396 e.